The van der Waals surface area contributed by atoms with Gasteiger partial charge in [-0.3, -0.25) is 4.98 Å². The van der Waals surface area contributed by atoms with E-state index < -0.39 is 5.97 Å². The molecule has 0 aliphatic carbocycles. The minimum absolute atomic E-state index is 0. The fourth-order valence-electron chi connectivity index (χ4n) is 1.22. The Balaban J connectivity index is 0.000000980. The summed E-state index contributed by atoms with van der Waals surface area (Å²) in [6, 6.07) is 1.54. The smallest absolute Gasteiger partial charge is 0.354 e. The second-order valence-electron chi connectivity index (χ2n) is 2.83. The van der Waals surface area contributed by atoms with Gasteiger partial charge in [0.2, 0.25) is 0 Å². The van der Waals surface area contributed by atoms with Crippen molar-refractivity contribution in [2.24, 2.45) is 0 Å². The molecule has 0 amide bonds. The normalized spacial score (nSPS) is 9.79. The summed E-state index contributed by atoms with van der Waals surface area (Å²) in [7, 11) is 0. The topological polar surface area (TPSA) is 64.3 Å². The average Bonchev–Trinajstić information content (AvgIpc) is 2.47. The zero-order valence-electron chi connectivity index (χ0n) is 7.56. The fourth-order valence-corrected chi connectivity index (χ4v) is 1.22. The van der Waals surface area contributed by atoms with Crippen molar-refractivity contribution in [3.63, 3.8) is 0 Å². The molecule has 0 aliphatic heterocycles. The third kappa shape index (κ3) is 1.86. The Hall–Kier alpha value is -0.736. The van der Waals surface area contributed by atoms with E-state index in [1.165, 1.54) is 6.20 Å². The number of nitrogens with zero attached hydrogens (tertiary/aromatic N) is 2. The third-order valence-corrected chi connectivity index (χ3v) is 1.92. The van der Waals surface area contributed by atoms with Gasteiger partial charge in [-0.2, -0.15) is 6.20 Å². The van der Waals surface area contributed by atoms with Crippen LogP contribution in [0, 0.1) is 6.92 Å². The summed E-state index contributed by atoms with van der Waals surface area (Å²) in [5, 5.41) is 9.54. The number of carboxylic acids is 1. The molecular formula is C9H7N2O2Y-. The van der Waals surface area contributed by atoms with Crippen molar-refractivity contribution in [3.05, 3.63) is 29.7 Å². The first-order chi connectivity index (χ1) is 6.18. The van der Waals surface area contributed by atoms with E-state index in [2.05, 4.69) is 9.97 Å². The summed E-state index contributed by atoms with van der Waals surface area (Å²) in [4.78, 5) is 18.4. The number of hydrogen-bond donors (Lipinski definition) is 1. The minimum atomic E-state index is -1.01. The van der Waals surface area contributed by atoms with Crippen LogP contribution in [0.2, 0.25) is 0 Å². The van der Waals surface area contributed by atoms with Gasteiger partial charge in [-0.1, -0.05) is 5.56 Å². The molecule has 2 aromatic rings. The average molecular weight is 264 g/mol. The molecular weight excluding hydrogens is 257 g/mol. The first kappa shape index (κ1) is 11.3. The molecule has 5 heteroatoms. The summed E-state index contributed by atoms with van der Waals surface area (Å²) in [6.07, 6.45) is 3.18. The number of hydrogen-bond acceptors (Lipinski definition) is 2. The number of aromatic nitrogens is 2. The first-order valence-electron chi connectivity index (χ1n) is 3.80. The Morgan fingerprint density at radius 1 is 1.57 bits per heavy atom. The summed E-state index contributed by atoms with van der Waals surface area (Å²) < 4.78 is 0. The second kappa shape index (κ2) is 4.19. The van der Waals surface area contributed by atoms with Crippen molar-refractivity contribution in [2.45, 2.75) is 6.92 Å². The predicted molar refractivity (Wildman–Crippen MR) is 46.8 cm³/mol. The van der Waals surface area contributed by atoms with E-state index in [0.717, 1.165) is 16.5 Å². The van der Waals surface area contributed by atoms with E-state index in [-0.39, 0.29) is 38.4 Å². The molecule has 2 rings (SSSR count). The van der Waals surface area contributed by atoms with E-state index in [9.17, 15) is 4.79 Å². The Morgan fingerprint density at radius 2 is 2.29 bits per heavy atom. The molecule has 1 radical (unpaired) electrons. The van der Waals surface area contributed by atoms with Crippen LogP contribution in [0.1, 0.15) is 16.1 Å². The third-order valence-electron chi connectivity index (χ3n) is 1.92. The van der Waals surface area contributed by atoms with Crippen LogP contribution in [0.25, 0.3) is 10.9 Å². The van der Waals surface area contributed by atoms with Crippen LogP contribution in [-0.2, 0) is 32.7 Å². The SMILES string of the molecule is Cc1c[n-]c2cnc(C(=O)O)cc12.[Y]. The van der Waals surface area contributed by atoms with Gasteiger partial charge in [0.25, 0.3) is 0 Å². The van der Waals surface area contributed by atoms with Gasteiger partial charge in [0, 0.05) is 38.9 Å². The van der Waals surface area contributed by atoms with Crippen LogP contribution in [0.4, 0.5) is 0 Å². The zero-order valence-corrected chi connectivity index (χ0v) is 10.4. The monoisotopic (exact) mass is 264 g/mol. The molecule has 0 atom stereocenters. The van der Waals surface area contributed by atoms with Gasteiger partial charge in [0.15, 0.2) is 0 Å². The molecule has 2 heterocycles. The van der Waals surface area contributed by atoms with Crippen molar-refractivity contribution in [3.8, 4) is 0 Å². The molecule has 0 fully saturated rings. The standard InChI is InChI=1S/C9H8N2O2.Y/c1-5-3-10-8-4-11-7(9(12)13)2-6(5)8;/h2-4H,1H3,(H2,10,11,12,13);/p-1. The summed E-state index contributed by atoms with van der Waals surface area (Å²) in [5.74, 6) is -1.01. The molecule has 0 aromatic carbocycles. The van der Waals surface area contributed by atoms with Gasteiger partial charge in [-0.15, -0.1) is 5.52 Å². The maximum Gasteiger partial charge on any atom is 0.354 e. The quantitative estimate of drug-likeness (QED) is 0.840. The van der Waals surface area contributed by atoms with Crippen LogP contribution in [-0.4, -0.2) is 16.1 Å². The molecule has 0 aliphatic rings. The van der Waals surface area contributed by atoms with Crippen molar-refractivity contribution >= 4 is 16.9 Å². The molecule has 0 spiro atoms. The number of aryl methyl sites for hydroxylation is 1. The first-order valence-corrected chi connectivity index (χ1v) is 3.80. The number of carboxylic acid groups (broad SMARTS) is 1. The van der Waals surface area contributed by atoms with E-state index in [0.29, 0.717) is 0 Å². The predicted octanol–water partition coefficient (Wildman–Crippen LogP) is 1.20. The van der Waals surface area contributed by atoms with E-state index >= 15 is 0 Å². The van der Waals surface area contributed by atoms with Gasteiger partial charge in [0.05, 0.1) is 0 Å². The second-order valence-corrected chi connectivity index (χ2v) is 2.83. The van der Waals surface area contributed by atoms with Gasteiger partial charge in [-0.05, 0) is 18.4 Å². The van der Waals surface area contributed by atoms with Crippen LogP contribution in [0.3, 0.4) is 0 Å². The molecule has 0 unspecified atom stereocenters. The summed E-state index contributed by atoms with van der Waals surface area (Å²) in [5.41, 5.74) is 1.77. The van der Waals surface area contributed by atoms with Crippen LogP contribution < -0.4 is 4.98 Å². The van der Waals surface area contributed by atoms with Crippen molar-refractivity contribution in [2.75, 3.05) is 0 Å². The number of fused-ring (bicyclic) bond motifs is 1. The van der Waals surface area contributed by atoms with Crippen LogP contribution in [0.15, 0.2) is 18.5 Å². The molecule has 0 saturated heterocycles. The van der Waals surface area contributed by atoms with Crippen LogP contribution in [0.5, 0.6) is 0 Å². The minimum Gasteiger partial charge on any atom is -0.662 e. The summed E-state index contributed by atoms with van der Waals surface area (Å²) in [6.45, 7) is 1.89. The van der Waals surface area contributed by atoms with Gasteiger partial charge in [-0.25, -0.2) is 4.79 Å². The fraction of sp³-hybridized carbons (Fsp3) is 0.111. The molecule has 0 bridgehead atoms. The van der Waals surface area contributed by atoms with Crippen molar-refractivity contribution < 1.29 is 42.6 Å². The number of pyridine rings is 1. The Labute approximate surface area is 106 Å². The molecule has 69 valence electrons. The van der Waals surface area contributed by atoms with Crippen molar-refractivity contribution in [1.82, 2.24) is 9.97 Å². The van der Waals surface area contributed by atoms with Gasteiger partial charge >= 0.3 is 5.97 Å². The van der Waals surface area contributed by atoms with E-state index in [1.54, 1.807) is 12.3 Å². The molecule has 2 aromatic heterocycles. The van der Waals surface area contributed by atoms with E-state index in [1.807, 2.05) is 6.92 Å². The zero-order chi connectivity index (χ0) is 9.42. The molecule has 14 heavy (non-hydrogen) atoms. The maximum absolute atomic E-state index is 10.6. The molecule has 0 saturated carbocycles. The van der Waals surface area contributed by atoms with Crippen molar-refractivity contribution in [1.29, 1.82) is 0 Å². The van der Waals surface area contributed by atoms with Gasteiger partial charge in [0.1, 0.15) is 5.69 Å². The number of rotatable bonds is 1. The van der Waals surface area contributed by atoms with Crippen LogP contribution >= 0.6 is 0 Å². The van der Waals surface area contributed by atoms with Gasteiger partial charge < -0.3 is 10.1 Å². The largest absolute Gasteiger partial charge is 0.662 e. The summed E-state index contributed by atoms with van der Waals surface area (Å²) >= 11 is 0. The Morgan fingerprint density at radius 3 is 2.93 bits per heavy atom. The van der Waals surface area contributed by atoms with E-state index in [4.69, 9.17) is 5.11 Å². The maximum atomic E-state index is 10.6. The molecule has 4 nitrogen and oxygen atoms in total. The Bertz CT molecular complexity index is 479. The number of aromatic carboxylic acids is 1. The number of carbonyl (C=O) groups is 1. The molecule has 1 N–H and O–H groups in total. The Kier molecular flexibility index (Phi) is 3.40.